The van der Waals surface area contributed by atoms with Gasteiger partial charge >= 0.3 is 0 Å². The van der Waals surface area contributed by atoms with Gasteiger partial charge in [-0.25, -0.2) is 17.5 Å². The Kier molecular flexibility index (Phi) is 3.19. The predicted octanol–water partition coefficient (Wildman–Crippen LogP) is 2.41. The molecule has 0 radical (unpaired) electrons. The lowest BCUT2D eigenvalue weighted by Crippen LogP contribution is -2.30. The SMILES string of the molecule is CC1(C)C(NS(=O)(=O)c2ccc(F)c(C#N)c2)C1(C)C. The zero-order valence-electron chi connectivity index (χ0n) is 11.9. The molecule has 0 amide bonds. The molecule has 0 saturated heterocycles. The molecule has 0 aromatic heterocycles. The first-order valence-electron chi connectivity index (χ1n) is 6.26. The first-order chi connectivity index (χ1) is 9.04. The van der Waals surface area contributed by atoms with Crippen LogP contribution in [0.2, 0.25) is 0 Å². The van der Waals surface area contributed by atoms with Crippen LogP contribution in [0, 0.1) is 28.0 Å². The topological polar surface area (TPSA) is 70.0 Å². The fourth-order valence-corrected chi connectivity index (χ4v) is 4.03. The molecule has 1 aromatic rings. The average molecular weight is 296 g/mol. The molecule has 1 N–H and O–H groups in total. The van der Waals surface area contributed by atoms with Crippen LogP contribution in [0.5, 0.6) is 0 Å². The molecule has 0 aliphatic heterocycles. The second kappa shape index (κ2) is 4.27. The Labute approximate surface area is 118 Å². The number of rotatable bonds is 3. The Morgan fingerprint density at radius 2 is 1.80 bits per heavy atom. The van der Waals surface area contributed by atoms with Crippen molar-refractivity contribution in [1.82, 2.24) is 4.72 Å². The van der Waals surface area contributed by atoms with Gasteiger partial charge in [-0.2, -0.15) is 5.26 Å². The molecule has 1 aliphatic carbocycles. The van der Waals surface area contributed by atoms with Gasteiger partial charge in [-0.15, -0.1) is 0 Å². The van der Waals surface area contributed by atoms with Crippen LogP contribution in [-0.2, 0) is 10.0 Å². The van der Waals surface area contributed by atoms with Crippen LogP contribution in [0.15, 0.2) is 23.1 Å². The summed E-state index contributed by atoms with van der Waals surface area (Å²) in [4.78, 5) is -0.0889. The predicted molar refractivity (Wildman–Crippen MR) is 72.8 cm³/mol. The third kappa shape index (κ3) is 2.11. The first kappa shape index (κ1) is 14.9. The minimum Gasteiger partial charge on any atom is -0.207 e. The van der Waals surface area contributed by atoms with Gasteiger partial charge in [0.1, 0.15) is 11.9 Å². The van der Waals surface area contributed by atoms with Crippen LogP contribution >= 0.6 is 0 Å². The number of nitriles is 1. The molecule has 108 valence electrons. The Bertz CT molecular complexity index is 688. The quantitative estimate of drug-likeness (QED) is 0.931. The van der Waals surface area contributed by atoms with Gasteiger partial charge < -0.3 is 0 Å². The Morgan fingerprint density at radius 3 is 2.25 bits per heavy atom. The number of sulfonamides is 1. The molecular formula is C14H17FN2O2S. The summed E-state index contributed by atoms with van der Waals surface area (Å²) in [5.41, 5.74) is -0.557. The molecule has 0 heterocycles. The zero-order chi connectivity index (χ0) is 15.3. The zero-order valence-corrected chi connectivity index (χ0v) is 12.7. The lowest BCUT2D eigenvalue weighted by atomic mass is 10.0. The van der Waals surface area contributed by atoms with E-state index in [-0.39, 0.29) is 27.3 Å². The van der Waals surface area contributed by atoms with E-state index in [2.05, 4.69) is 4.72 Å². The van der Waals surface area contributed by atoms with E-state index in [4.69, 9.17) is 5.26 Å². The smallest absolute Gasteiger partial charge is 0.207 e. The molecule has 1 saturated carbocycles. The summed E-state index contributed by atoms with van der Waals surface area (Å²) >= 11 is 0. The summed E-state index contributed by atoms with van der Waals surface area (Å²) < 4.78 is 40.5. The maximum Gasteiger partial charge on any atom is 0.240 e. The third-order valence-electron chi connectivity index (χ3n) is 4.66. The molecule has 4 nitrogen and oxygen atoms in total. The number of hydrogen-bond donors (Lipinski definition) is 1. The van der Waals surface area contributed by atoms with Crippen LogP contribution in [-0.4, -0.2) is 14.5 Å². The second-order valence-electron chi connectivity index (χ2n) is 6.25. The molecular weight excluding hydrogens is 279 g/mol. The lowest BCUT2D eigenvalue weighted by molar-refractivity contribution is 0.457. The Balaban J connectivity index is 2.32. The highest BCUT2D eigenvalue weighted by Gasteiger charge is 2.66. The summed E-state index contributed by atoms with van der Waals surface area (Å²) in [6.45, 7) is 7.97. The summed E-state index contributed by atoms with van der Waals surface area (Å²) in [5, 5.41) is 8.76. The van der Waals surface area contributed by atoms with Crippen molar-refractivity contribution in [3.05, 3.63) is 29.6 Å². The van der Waals surface area contributed by atoms with Crippen LogP contribution in [0.4, 0.5) is 4.39 Å². The molecule has 0 bridgehead atoms. The van der Waals surface area contributed by atoms with Crippen molar-refractivity contribution in [2.45, 2.75) is 38.6 Å². The van der Waals surface area contributed by atoms with Crippen LogP contribution in [0.25, 0.3) is 0 Å². The first-order valence-corrected chi connectivity index (χ1v) is 7.74. The second-order valence-corrected chi connectivity index (χ2v) is 7.97. The average Bonchev–Trinajstić information content (AvgIpc) is 2.71. The standard InChI is InChI=1S/C14H17FN2O2S/c1-13(2)12(14(13,3)4)17-20(18,19)10-5-6-11(15)9(7-10)8-16/h5-7,12,17H,1-4H3. The maximum atomic E-state index is 13.2. The van der Waals surface area contributed by atoms with E-state index < -0.39 is 15.8 Å². The van der Waals surface area contributed by atoms with Crippen molar-refractivity contribution in [1.29, 1.82) is 5.26 Å². The van der Waals surface area contributed by atoms with Gasteiger partial charge in [-0.3, -0.25) is 0 Å². The summed E-state index contributed by atoms with van der Waals surface area (Å²) in [6.07, 6.45) is 0. The fourth-order valence-electron chi connectivity index (χ4n) is 2.47. The molecule has 0 unspecified atom stereocenters. The van der Waals surface area contributed by atoms with E-state index in [1.165, 1.54) is 6.07 Å². The van der Waals surface area contributed by atoms with Gasteiger partial charge in [0.2, 0.25) is 10.0 Å². The van der Waals surface area contributed by atoms with E-state index in [0.717, 1.165) is 12.1 Å². The number of benzene rings is 1. The van der Waals surface area contributed by atoms with Crippen molar-refractivity contribution < 1.29 is 12.8 Å². The van der Waals surface area contributed by atoms with Crippen molar-refractivity contribution in [3.8, 4) is 6.07 Å². The minimum atomic E-state index is -3.76. The third-order valence-corrected chi connectivity index (χ3v) is 6.08. The van der Waals surface area contributed by atoms with Crippen LogP contribution in [0.1, 0.15) is 33.3 Å². The highest BCUT2D eigenvalue weighted by atomic mass is 32.2. The van der Waals surface area contributed by atoms with Gasteiger partial charge in [-0.1, -0.05) is 27.7 Å². The van der Waals surface area contributed by atoms with Crippen LogP contribution < -0.4 is 4.72 Å². The van der Waals surface area contributed by atoms with Crippen LogP contribution in [0.3, 0.4) is 0 Å². The molecule has 0 spiro atoms. The molecule has 1 fully saturated rings. The number of nitrogens with zero attached hydrogens (tertiary/aromatic N) is 1. The molecule has 20 heavy (non-hydrogen) atoms. The monoisotopic (exact) mass is 296 g/mol. The molecule has 2 rings (SSSR count). The number of hydrogen-bond acceptors (Lipinski definition) is 3. The minimum absolute atomic E-state index is 0.0889. The molecule has 1 aliphatic rings. The summed E-state index contributed by atoms with van der Waals surface area (Å²) in [7, 11) is -3.76. The van der Waals surface area contributed by atoms with Gasteiger partial charge in [0.25, 0.3) is 0 Å². The Hall–Kier alpha value is -1.45. The van der Waals surface area contributed by atoms with E-state index >= 15 is 0 Å². The maximum absolute atomic E-state index is 13.2. The van der Waals surface area contributed by atoms with Crippen molar-refractivity contribution in [2.24, 2.45) is 10.8 Å². The van der Waals surface area contributed by atoms with Gasteiger partial charge in [0.05, 0.1) is 10.5 Å². The normalized spacial score (nSPS) is 20.4. The van der Waals surface area contributed by atoms with Crippen molar-refractivity contribution in [3.63, 3.8) is 0 Å². The summed E-state index contributed by atoms with van der Waals surface area (Å²) in [5.74, 6) is -0.724. The molecule has 0 atom stereocenters. The van der Waals surface area contributed by atoms with E-state index in [9.17, 15) is 12.8 Å². The largest absolute Gasteiger partial charge is 0.240 e. The number of nitrogens with one attached hydrogen (secondary N) is 1. The van der Waals surface area contributed by atoms with Crippen molar-refractivity contribution >= 4 is 10.0 Å². The molecule has 6 heteroatoms. The van der Waals surface area contributed by atoms with Gasteiger partial charge in [-0.05, 0) is 29.0 Å². The Morgan fingerprint density at radius 1 is 1.25 bits per heavy atom. The van der Waals surface area contributed by atoms with E-state index in [1.54, 1.807) is 6.07 Å². The summed E-state index contributed by atoms with van der Waals surface area (Å²) in [6, 6.07) is 4.68. The highest BCUT2D eigenvalue weighted by Crippen LogP contribution is 2.62. The lowest BCUT2D eigenvalue weighted by Gasteiger charge is -2.08. The number of halogens is 1. The van der Waals surface area contributed by atoms with E-state index in [1.807, 2.05) is 27.7 Å². The van der Waals surface area contributed by atoms with Gasteiger partial charge in [0, 0.05) is 6.04 Å². The molecule has 1 aromatic carbocycles. The van der Waals surface area contributed by atoms with Gasteiger partial charge in [0.15, 0.2) is 0 Å². The highest BCUT2D eigenvalue weighted by molar-refractivity contribution is 7.89. The fraction of sp³-hybridized carbons (Fsp3) is 0.500. The van der Waals surface area contributed by atoms with Crippen molar-refractivity contribution in [2.75, 3.05) is 0 Å². The van der Waals surface area contributed by atoms with E-state index in [0.29, 0.717) is 0 Å².